The molecule has 1 atom stereocenters. The lowest BCUT2D eigenvalue weighted by Crippen LogP contribution is -2.23. The van der Waals surface area contributed by atoms with Gasteiger partial charge in [0.2, 0.25) is 0 Å². The smallest absolute Gasteiger partial charge is 0.320 e. The average molecular weight is 206 g/mol. The molecule has 3 nitrogen and oxygen atoms in total. The summed E-state index contributed by atoms with van der Waals surface area (Å²) in [7, 11) is 0. The van der Waals surface area contributed by atoms with Crippen molar-refractivity contribution in [3.05, 3.63) is 35.6 Å². The molecular weight excluding hydrogens is 192 g/mol. The third-order valence-electron chi connectivity index (χ3n) is 2.41. The SMILES string of the molecule is CC1=CC2C(=O)OCCCOC2=CC=C1. The number of fused-ring (bicyclic) bond motifs is 1. The van der Waals surface area contributed by atoms with E-state index >= 15 is 0 Å². The summed E-state index contributed by atoms with van der Waals surface area (Å²) in [5, 5.41) is 0. The summed E-state index contributed by atoms with van der Waals surface area (Å²) in [4.78, 5) is 11.7. The van der Waals surface area contributed by atoms with E-state index in [-0.39, 0.29) is 11.9 Å². The Morgan fingerprint density at radius 2 is 2.13 bits per heavy atom. The maximum atomic E-state index is 11.7. The van der Waals surface area contributed by atoms with Crippen molar-refractivity contribution in [3.8, 4) is 0 Å². The van der Waals surface area contributed by atoms with Gasteiger partial charge in [-0.15, -0.1) is 0 Å². The number of carbonyl (C=O) groups is 1. The van der Waals surface area contributed by atoms with Crippen molar-refractivity contribution in [2.45, 2.75) is 13.3 Å². The fraction of sp³-hybridized carbons (Fsp3) is 0.417. The second kappa shape index (κ2) is 4.34. The van der Waals surface area contributed by atoms with Crippen LogP contribution >= 0.6 is 0 Å². The summed E-state index contributed by atoms with van der Waals surface area (Å²) in [6.07, 6.45) is 8.32. The van der Waals surface area contributed by atoms with E-state index in [1.54, 1.807) is 0 Å². The van der Waals surface area contributed by atoms with E-state index in [1.165, 1.54) is 0 Å². The first-order valence-corrected chi connectivity index (χ1v) is 5.13. The topological polar surface area (TPSA) is 35.5 Å². The Kier molecular flexibility index (Phi) is 2.90. The lowest BCUT2D eigenvalue weighted by atomic mass is 10.0. The van der Waals surface area contributed by atoms with Crippen molar-refractivity contribution in [3.63, 3.8) is 0 Å². The number of allylic oxidation sites excluding steroid dienone is 4. The van der Waals surface area contributed by atoms with Gasteiger partial charge in [0.25, 0.3) is 0 Å². The fourth-order valence-electron chi connectivity index (χ4n) is 1.63. The molecule has 3 heteroatoms. The average Bonchev–Trinajstić information content (AvgIpc) is 2.37. The molecule has 1 fully saturated rings. The molecule has 2 rings (SSSR count). The quantitative estimate of drug-likeness (QED) is 0.568. The van der Waals surface area contributed by atoms with Crippen LogP contribution in [0.15, 0.2) is 35.6 Å². The van der Waals surface area contributed by atoms with Crippen LogP contribution in [0.4, 0.5) is 0 Å². The molecule has 15 heavy (non-hydrogen) atoms. The molecule has 0 aromatic rings. The highest BCUT2D eigenvalue weighted by atomic mass is 16.5. The minimum atomic E-state index is -0.375. The summed E-state index contributed by atoms with van der Waals surface area (Å²) in [6, 6.07) is 0. The van der Waals surface area contributed by atoms with E-state index in [9.17, 15) is 4.79 Å². The van der Waals surface area contributed by atoms with Gasteiger partial charge in [0.05, 0.1) is 13.2 Å². The van der Waals surface area contributed by atoms with Gasteiger partial charge in [-0.1, -0.05) is 23.8 Å². The fourth-order valence-corrected chi connectivity index (χ4v) is 1.63. The van der Waals surface area contributed by atoms with Gasteiger partial charge in [-0.25, -0.2) is 0 Å². The second-order valence-electron chi connectivity index (χ2n) is 3.69. The van der Waals surface area contributed by atoms with E-state index in [4.69, 9.17) is 9.47 Å². The van der Waals surface area contributed by atoms with Crippen LogP contribution in [0.2, 0.25) is 0 Å². The molecule has 1 saturated heterocycles. The second-order valence-corrected chi connectivity index (χ2v) is 3.69. The molecule has 0 N–H and O–H groups in total. The van der Waals surface area contributed by atoms with Gasteiger partial charge in [0, 0.05) is 6.42 Å². The summed E-state index contributed by atoms with van der Waals surface area (Å²) < 4.78 is 10.7. The van der Waals surface area contributed by atoms with Gasteiger partial charge in [-0.2, -0.15) is 0 Å². The van der Waals surface area contributed by atoms with E-state index in [0.29, 0.717) is 19.0 Å². The zero-order valence-electron chi connectivity index (χ0n) is 8.73. The first-order valence-electron chi connectivity index (χ1n) is 5.13. The third kappa shape index (κ3) is 2.29. The molecule has 2 aliphatic rings. The van der Waals surface area contributed by atoms with Crippen LogP contribution in [-0.2, 0) is 14.3 Å². The summed E-state index contributed by atoms with van der Waals surface area (Å²) in [5.41, 5.74) is 1.05. The lowest BCUT2D eigenvalue weighted by molar-refractivity contribution is -0.148. The summed E-state index contributed by atoms with van der Waals surface area (Å²) >= 11 is 0. The molecule has 1 unspecified atom stereocenters. The van der Waals surface area contributed by atoms with E-state index < -0.39 is 0 Å². The van der Waals surface area contributed by atoms with Crippen molar-refractivity contribution >= 4 is 5.97 Å². The standard InChI is InChI=1S/C12H14O3/c1-9-4-2-5-11-10(8-9)12(13)15-7-3-6-14-11/h2,4-5,8,10H,3,6-7H2,1H3. The van der Waals surface area contributed by atoms with Crippen molar-refractivity contribution in [1.82, 2.24) is 0 Å². The number of hydrogen-bond donors (Lipinski definition) is 0. The molecule has 0 aromatic carbocycles. The highest BCUT2D eigenvalue weighted by Gasteiger charge is 2.26. The third-order valence-corrected chi connectivity index (χ3v) is 2.41. The van der Waals surface area contributed by atoms with Gasteiger partial charge >= 0.3 is 5.97 Å². The van der Waals surface area contributed by atoms with Gasteiger partial charge in [0.1, 0.15) is 11.7 Å². The lowest BCUT2D eigenvalue weighted by Gasteiger charge is -2.20. The first kappa shape index (κ1) is 10.0. The zero-order valence-corrected chi connectivity index (χ0v) is 8.73. The Balaban J connectivity index is 2.29. The normalized spacial score (nSPS) is 25.9. The van der Waals surface area contributed by atoms with Gasteiger partial charge < -0.3 is 9.47 Å². The van der Waals surface area contributed by atoms with Gasteiger partial charge in [-0.3, -0.25) is 4.79 Å². The molecular formula is C12H14O3. The maximum absolute atomic E-state index is 11.7. The molecule has 0 saturated carbocycles. The van der Waals surface area contributed by atoms with E-state index in [0.717, 1.165) is 12.0 Å². The van der Waals surface area contributed by atoms with Crippen molar-refractivity contribution in [1.29, 1.82) is 0 Å². The monoisotopic (exact) mass is 206 g/mol. The Hall–Kier alpha value is -1.51. The molecule has 1 aliphatic carbocycles. The van der Waals surface area contributed by atoms with Crippen LogP contribution in [0, 0.1) is 5.92 Å². The summed E-state index contributed by atoms with van der Waals surface area (Å²) in [6.45, 7) is 3.01. The first-order chi connectivity index (χ1) is 7.27. The Morgan fingerprint density at radius 3 is 3.00 bits per heavy atom. The summed E-state index contributed by atoms with van der Waals surface area (Å²) in [5.74, 6) is 0.0945. The number of rotatable bonds is 0. The van der Waals surface area contributed by atoms with Crippen molar-refractivity contribution in [2.75, 3.05) is 13.2 Å². The maximum Gasteiger partial charge on any atom is 0.320 e. The Morgan fingerprint density at radius 1 is 1.33 bits per heavy atom. The molecule has 80 valence electrons. The van der Waals surface area contributed by atoms with Crippen LogP contribution in [-0.4, -0.2) is 19.2 Å². The van der Waals surface area contributed by atoms with Crippen LogP contribution in [0.25, 0.3) is 0 Å². The number of carbonyl (C=O) groups excluding carboxylic acids is 1. The van der Waals surface area contributed by atoms with E-state index in [2.05, 4.69) is 0 Å². The molecule has 0 aromatic heterocycles. The highest BCUT2D eigenvalue weighted by Crippen LogP contribution is 2.23. The largest absolute Gasteiger partial charge is 0.497 e. The molecule has 0 spiro atoms. The molecule has 0 amide bonds. The van der Waals surface area contributed by atoms with Crippen LogP contribution in [0.1, 0.15) is 13.3 Å². The molecule has 1 heterocycles. The molecule has 0 radical (unpaired) electrons. The van der Waals surface area contributed by atoms with Gasteiger partial charge in [-0.05, 0) is 13.0 Å². The van der Waals surface area contributed by atoms with Crippen LogP contribution in [0.5, 0.6) is 0 Å². The Labute approximate surface area is 89.1 Å². The number of hydrogen-bond acceptors (Lipinski definition) is 3. The van der Waals surface area contributed by atoms with Crippen molar-refractivity contribution in [2.24, 2.45) is 5.92 Å². The number of cyclic esters (lactones) is 1. The van der Waals surface area contributed by atoms with Gasteiger partial charge in [0.15, 0.2) is 0 Å². The predicted octanol–water partition coefficient (Wildman–Crippen LogP) is 1.97. The highest BCUT2D eigenvalue weighted by molar-refractivity contribution is 5.78. The Bertz CT molecular complexity index is 350. The number of esters is 1. The molecule has 1 aliphatic heterocycles. The number of ether oxygens (including phenoxy) is 2. The van der Waals surface area contributed by atoms with Crippen LogP contribution in [0.3, 0.4) is 0 Å². The zero-order chi connectivity index (χ0) is 10.7. The van der Waals surface area contributed by atoms with Crippen LogP contribution < -0.4 is 0 Å². The molecule has 0 bridgehead atoms. The van der Waals surface area contributed by atoms with Crippen molar-refractivity contribution < 1.29 is 14.3 Å². The minimum absolute atomic E-state index is 0.219. The van der Waals surface area contributed by atoms with E-state index in [1.807, 2.05) is 31.2 Å². The predicted molar refractivity (Wildman–Crippen MR) is 56.0 cm³/mol. The minimum Gasteiger partial charge on any atom is -0.497 e.